The van der Waals surface area contributed by atoms with E-state index in [1.807, 2.05) is 26.0 Å². The van der Waals surface area contributed by atoms with Crippen molar-refractivity contribution in [1.29, 1.82) is 0 Å². The number of anilines is 1. The standard InChI is InChI=1S/C21H25NO6S/c1-4-12-28-21(26)19-18(14-8-10-15(27-3)11-9-14)13(2)29-20(19)22-16(23)6-5-7-17(24)25/h8-11H,4-7,12H2,1-3H3,(H,22,23)(H,24,25). The summed E-state index contributed by atoms with van der Waals surface area (Å²) in [7, 11) is 1.58. The predicted molar refractivity (Wildman–Crippen MR) is 112 cm³/mol. The molecule has 0 fully saturated rings. The average molecular weight is 419 g/mol. The Kier molecular flexibility index (Phi) is 8.21. The van der Waals surface area contributed by atoms with Gasteiger partial charge in [-0.3, -0.25) is 9.59 Å². The molecule has 0 aliphatic rings. The van der Waals surface area contributed by atoms with Crippen LogP contribution in [0.2, 0.25) is 0 Å². The lowest BCUT2D eigenvalue weighted by Gasteiger charge is -2.10. The Morgan fingerprint density at radius 1 is 1.14 bits per heavy atom. The first kappa shape index (κ1) is 22.4. The number of methoxy groups -OCH3 is 1. The Morgan fingerprint density at radius 2 is 1.83 bits per heavy atom. The molecule has 1 amide bonds. The Morgan fingerprint density at radius 3 is 2.41 bits per heavy atom. The normalized spacial score (nSPS) is 10.4. The number of benzene rings is 1. The van der Waals surface area contributed by atoms with Gasteiger partial charge in [0, 0.05) is 23.3 Å². The Hall–Kier alpha value is -2.87. The zero-order valence-corrected chi connectivity index (χ0v) is 17.6. The van der Waals surface area contributed by atoms with E-state index in [2.05, 4.69) is 5.32 Å². The molecule has 0 bridgehead atoms. The van der Waals surface area contributed by atoms with E-state index in [9.17, 15) is 14.4 Å². The molecular weight excluding hydrogens is 394 g/mol. The van der Waals surface area contributed by atoms with Gasteiger partial charge in [-0.1, -0.05) is 19.1 Å². The van der Waals surface area contributed by atoms with E-state index >= 15 is 0 Å². The lowest BCUT2D eigenvalue weighted by molar-refractivity contribution is -0.137. The Labute approximate surface area is 173 Å². The molecule has 1 aromatic heterocycles. The molecule has 29 heavy (non-hydrogen) atoms. The number of hydrogen-bond acceptors (Lipinski definition) is 6. The van der Waals surface area contributed by atoms with Crippen LogP contribution < -0.4 is 10.1 Å². The number of thiophene rings is 1. The van der Waals surface area contributed by atoms with E-state index in [1.54, 1.807) is 19.2 Å². The molecule has 1 aromatic carbocycles. The molecule has 1 heterocycles. The molecule has 8 heteroatoms. The van der Waals surface area contributed by atoms with Crippen molar-refractivity contribution in [1.82, 2.24) is 0 Å². The third-order valence-corrected chi connectivity index (χ3v) is 5.17. The second-order valence-electron chi connectivity index (χ2n) is 6.40. The molecule has 0 aliphatic carbocycles. The highest BCUT2D eigenvalue weighted by atomic mass is 32.1. The summed E-state index contributed by atoms with van der Waals surface area (Å²) < 4.78 is 10.5. The monoisotopic (exact) mass is 419 g/mol. The molecule has 0 unspecified atom stereocenters. The van der Waals surface area contributed by atoms with Crippen LogP contribution in [0.1, 0.15) is 47.8 Å². The van der Waals surface area contributed by atoms with Gasteiger partial charge in [0.1, 0.15) is 16.3 Å². The van der Waals surface area contributed by atoms with Gasteiger partial charge in [0.2, 0.25) is 5.91 Å². The summed E-state index contributed by atoms with van der Waals surface area (Å²) in [4.78, 5) is 36.5. The maximum atomic E-state index is 12.8. The predicted octanol–water partition coefficient (Wildman–Crippen LogP) is 4.49. The first-order chi connectivity index (χ1) is 13.9. The maximum Gasteiger partial charge on any atom is 0.341 e. The number of carboxylic acid groups (broad SMARTS) is 1. The minimum absolute atomic E-state index is 0.0601. The van der Waals surface area contributed by atoms with E-state index in [1.165, 1.54) is 11.3 Å². The molecule has 2 aromatic rings. The first-order valence-electron chi connectivity index (χ1n) is 9.33. The number of rotatable bonds is 10. The number of carbonyl (C=O) groups excluding carboxylic acids is 2. The van der Waals surface area contributed by atoms with Gasteiger partial charge in [0.25, 0.3) is 0 Å². The fourth-order valence-electron chi connectivity index (χ4n) is 2.79. The van der Waals surface area contributed by atoms with E-state index in [4.69, 9.17) is 14.6 Å². The highest BCUT2D eigenvalue weighted by Crippen LogP contribution is 2.41. The molecule has 7 nitrogen and oxygen atoms in total. The molecule has 0 saturated heterocycles. The summed E-state index contributed by atoms with van der Waals surface area (Å²) in [6.07, 6.45) is 0.889. The average Bonchev–Trinajstić information content (AvgIpc) is 3.01. The lowest BCUT2D eigenvalue weighted by atomic mass is 10.0. The summed E-state index contributed by atoms with van der Waals surface area (Å²) in [6, 6.07) is 7.31. The van der Waals surface area contributed by atoms with Gasteiger partial charge in [-0.05, 0) is 37.5 Å². The second kappa shape index (κ2) is 10.6. The largest absolute Gasteiger partial charge is 0.497 e. The van der Waals surface area contributed by atoms with Crippen LogP contribution in [0.5, 0.6) is 5.75 Å². The van der Waals surface area contributed by atoms with Gasteiger partial charge in [-0.2, -0.15) is 0 Å². The van der Waals surface area contributed by atoms with E-state index in [0.29, 0.717) is 28.3 Å². The molecule has 2 N–H and O–H groups in total. The van der Waals surface area contributed by atoms with Crippen molar-refractivity contribution in [2.24, 2.45) is 0 Å². The molecular formula is C21H25NO6S. The SMILES string of the molecule is CCCOC(=O)c1c(NC(=O)CCCC(=O)O)sc(C)c1-c1ccc(OC)cc1. The lowest BCUT2D eigenvalue weighted by Crippen LogP contribution is -2.15. The van der Waals surface area contributed by atoms with Gasteiger partial charge in [0.05, 0.1) is 13.7 Å². The summed E-state index contributed by atoms with van der Waals surface area (Å²) in [5.74, 6) is -1.08. The zero-order valence-electron chi connectivity index (χ0n) is 16.7. The summed E-state index contributed by atoms with van der Waals surface area (Å²) in [5.41, 5.74) is 1.84. The summed E-state index contributed by atoms with van der Waals surface area (Å²) in [5, 5.41) is 11.9. The number of carboxylic acids is 1. The smallest absolute Gasteiger partial charge is 0.341 e. The van der Waals surface area contributed by atoms with Crippen molar-refractivity contribution >= 4 is 34.2 Å². The molecule has 0 atom stereocenters. The van der Waals surface area contributed by atoms with Crippen molar-refractivity contribution in [3.05, 3.63) is 34.7 Å². The van der Waals surface area contributed by atoms with Crippen LogP contribution in [-0.2, 0) is 14.3 Å². The number of esters is 1. The topological polar surface area (TPSA) is 102 Å². The van der Waals surface area contributed by atoms with E-state index in [-0.39, 0.29) is 31.8 Å². The van der Waals surface area contributed by atoms with Crippen LogP contribution in [0.15, 0.2) is 24.3 Å². The molecule has 0 aliphatic heterocycles. The van der Waals surface area contributed by atoms with Crippen LogP contribution in [0.25, 0.3) is 11.1 Å². The number of aliphatic carboxylic acids is 1. The molecule has 156 valence electrons. The van der Waals surface area contributed by atoms with Crippen LogP contribution >= 0.6 is 11.3 Å². The minimum atomic E-state index is -0.949. The van der Waals surface area contributed by atoms with Crippen molar-refractivity contribution in [2.75, 3.05) is 19.0 Å². The van der Waals surface area contributed by atoms with Crippen LogP contribution in [0, 0.1) is 6.92 Å². The minimum Gasteiger partial charge on any atom is -0.497 e. The van der Waals surface area contributed by atoms with Crippen LogP contribution in [0.3, 0.4) is 0 Å². The molecule has 0 saturated carbocycles. The fourth-order valence-corrected chi connectivity index (χ4v) is 3.87. The highest BCUT2D eigenvalue weighted by molar-refractivity contribution is 7.17. The third-order valence-electron chi connectivity index (χ3n) is 4.15. The first-order valence-corrected chi connectivity index (χ1v) is 10.2. The Balaban J connectivity index is 2.36. The van der Waals surface area contributed by atoms with Crippen molar-refractivity contribution in [3.8, 4) is 16.9 Å². The second-order valence-corrected chi connectivity index (χ2v) is 7.62. The number of aryl methyl sites for hydroxylation is 1. The van der Waals surface area contributed by atoms with E-state index < -0.39 is 11.9 Å². The quantitative estimate of drug-likeness (QED) is 0.550. The number of nitrogens with one attached hydrogen (secondary N) is 1. The number of hydrogen-bond donors (Lipinski definition) is 2. The highest BCUT2D eigenvalue weighted by Gasteiger charge is 2.25. The molecule has 0 spiro atoms. The van der Waals surface area contributed by atoms with Gasteiger partial charge < -0.3 is 19.9 Å². The third kappa shape index (κ3) is 6.05. The van der Waals surface area contributed by atoms with Gasteiger partial charge >= 0.3 is 11.9 Å². The number of ether oxygens (including phenoxy) is 2. The van der Waals surface area contributed by atoms with Crippen molar-refractivity contribution in [2.45, 2.75) is 39.5 Å². The maximum absolute atomic E-state index is 12.8. The van der Waals surface area contributed by atoms with Crippen molar-refractivity contribution in [3.63, 3.8) is 0 Å². The fraction of sp³-hybridized carbons (Fsp3) is 0.381. The summed E-state index contributed by atoms with van der Waals surface area (Å²) in [6.45, 7) is 4.06. The van der Waals surface area contributed by atoms with Crippen LogP contribution in [0.4, 0.5) is 5.00 Å². The van der Waals surface area contributed by atoms with Gasteiger partial charge in [0.15, 0.2) is 0 Å². The van der Waals surface area contributed by atoms with Gasteiger partial charge in [-0.15, -0.1) is 11.3 Å². The Bertz CT molecular complexity index is 872. The van der Waals surface area contributed by atoms with Crippen LogP contribution in [-0.4, -0.2) is 36.7 Å². The number of carbonyl (C=O) groups is 3. The molecule has 2 rings (SSSR count). The zero-order chi connectivity index (χ0) is 21.4. The molecule has 0 radical (unpaired) electrons. The van der Waals surface area contributed by atoms with E-state index in [0.717, 1.165) is 10.4 Å². The van der Waals surface area contributed by atoms with Gasteiger partial charge in [-0.25, -0.2) is 4.79 Å². The van der Waals surface area contributed by atoms with Crippen molar-refractivity contribution < 1.29 is 29.0 Å². The summed E-state index contributed by atoms with van der Waals surface area (Å²) >= 11 is 1.30. The number of amides is 1.